The van der Waals surface area contributed by atoms with Crippen molar-refractivity contribution in [3.63, 3.8) is 0 Å². The SMILES string of the molecule is CCNC/C(=C/c1ccc(Cl)cc1F)C(C)C. The number of likely N-dealkylation sites (N-methyl/N-ethyl adjacent to an activating group) is 1. The number of rotatable bonds is 5. The second kappa shape index (κ2) is 6.77. The largest absolute Gasteiger partial charge is 0.313 e. The maximum Gasteiger partial charge on any atom is 0.131 e. The molecule has 0 unspecified atom stereocenters. The molecule has 1 rings (SSSR count). The van der Waals surface area contributed by atoms with Gasteiger partial charge in [-0.05, 0) is 24.6 Å². The third-order valence-corrected chi connectivity index (χ3v) is 2.86. The monoisotopic (exact) mass is 255 g/mol. The van der Waals surface area contributed by atoms with Gasteiger partial charge in [0.15, 0.2) is 0 Å². The van der Waals surface area contributed by atoms with Gasteiger partial charge in [-0.2, -0.15) is 0 Å². The predicted molar refractivity (Wildman–Crippen MR) is 72.8 cm³/mol. The van der Waals surface area contributed by atoms with E-state index in [1.54, 1.807) is 12.1 Å². The van der Waals surface area contributed by atoms with Crippen molar-refractivity contribution in [3.05, 3.63) is 40.2 Å². The summed E-state index contributed by atoms with van der Waals surface area (Å²) in [5.74, 6) is 0.122. The lowest BCUT2D eigenvalue weighted by Crippen LogP contribution is -2.18. The zero-order valence-corrected chi connectivity index (χ0v) is 11.3. The highest BCUT2D eigenvalue weighted by Crippen LogP contribution is 2.19. The van der Waals surface area contributed by atoms with Gasteiger partial charge in [0.05, 0.1) is 0 Å². The van der Waals surface area contributed by atoms with Crippen molar-refractivity contribution in [2.45, 2.75) is 20.8 Å². The highest BCUT2D eigenvalue weighted by Gasteiger charge is 2.06. The maximum absolute atomic E-state index is 13.6. The normalized spacial score (nSPS) is 12.2. The van der Waals surface area contributed by atoms with E-state index in [4.69, 9.17) is 11.6 Å². The number of benzene rings is 1. The van der Waals surface area contributed by atoms with E-state index in [1.165, 1.54) is 11.6 Å². The van der Waals surface area contributed by atoms with Crippen molar-refractivity contribution >= 4 is 17.7 Å². The molecule has 0 atom stereocenters. The Morgan fingerprint density at radius 1 is 1.47 bits per heavy atom. The third kappa shape index (κ3) is 4.49. The molecule has 3 heteroatoms. The van der Waals surface area contributed by atoms with E-state index in [0.717, 1.165) is 13.1 Å². The molecule has 1 N–H and O–H groups in total. The van der Waals surface area contributed by atoms with Crippen LogP contribution in [0, 0.1) is 11.7 Å². The summed E-state index contributed by atoms with van der Waals surface area (Å²) in [6, 6.07) is 4.77. The van der Waals surface area contributed by atoms with Crippen LogP contribution < -0.4 is 5.32 Å². The molecule has 1 nitrogen and oxygen atoms in total. The molecule has 17 heavy (non-hydrogen) atoms. The molecule has 94 valence electrons. The smallest absolute Gasteiger partial charge is 0.131 e. The lowest BCUT2D eigenvalue weighted by atomic mass is 10.00. The zero-order valence-electron chi connectivity index (χ0n) is 10.6. The molecule has 0 amide bonds. The molecule has 1 aromatic rings. The molecule has 0 spiro atoms. The van der Waals surface area contributed by atoms with E-state index < -0.39 is 0 Å². The summed E-state index contributed by atoms with van der Waals surface area (Å²) in [6.07, 6.45) is 1.90. The summed E-state index contributed by atoms with van der Waals surface area (Å²) in [5, 5.41) is 3.69. The summed E-state index contributed by atoms with van der Waals surface area (Å²) in [4.78, 5) is 0. The number of halogens is 2. The molecule has 0 aliphatic rings. The van der Waals surface area contributed by atoms with Crippen molar-refractivity contribution in [2.75, 3.05) is 13.1 Å². The summed E-state index contributed by atoms with van der Waals surface area (Å²) < 4.78 is 13.6. The van der Waals surface area contributed by atoms with Gasteiger partial charge in [-0.3, -0.25) is 0 Å². The fourth-order valence-corrected chi connectivity index (χ4v) is 1.67. The quantitative estimate of drug-likeness (QED) is 0.834. The zero-order chi connectivity index (χ0) is 12.8. The van der Waals surface area contributed by atoms with E-state index in [0.29, 0.717) is 16.5 Å². The Bertz CT molecular complexity index is 399. The summed E-state index contributed by atoms with van der Waals surface area (Å²) in [6.45, 7) is 7.97. The number of nitrogens with one attached hydrogen (secondary N) is 1. The Labute approximate surface area is 108 Å². The molecule has 0 saturated carbocycles. The molecule has 0 heterocycles. The third-order valence-electron chi connectivity index (χ3n) is 2.62. The molecule has 1 aromatic carbocycles. The summed E-state index contributed by atoms with van der Waals surface area (Å²) in [7, 11) is 0. The molecular formula is C14H19ClFN. The number of hydrogen-bond donors (Lipinski definition) is 1. The first kappa shape index (κ1) is 14.2. The van der Waals surface area contributed by atoms with Crippen LogP contribution in [0.5, 0.6) is 0 Å². The molecule has 0 radical (unpaired) electrons. The standard InChI is InChI=1S/C14H19ClFN/c1-4-17-9-12(10(2)3)7-11-5-6-13(15)8-14(11)16/h5-8,10,17H,4,9H2,1-3H3/b12-7-. The van der Waals surface area contributed by atoms with E-state index in [1.807, 2.05) is 6.08 Å². The Morgan fingerprint density at radius 2 is 2.18 bits per heavy atom. The first-order chi connectivity index (χ1) is 8.04. The molecule has 0 saturated heterocycles. The Morgan fingerprint density at radius 3 is 2.71 bits per heavy atom. The maximum atomic E-state index is 13.6. The summed E-state index contributed by atoms with van der Waals surface area (Å²) >= 11 is 5.73. The highest BCUT2D eigenvalue weighted by molar-refractivity contribution is 6.30. The fourth-order valence-electron chi connectivity index (χ4n) is 1.51. The van der Waals surface area contributed by atoms with Crippen LogP contribution in [-0.2, 0) is 0 Å². The van der Waals surface area contributed by atoms with Crippen molar-refractivity contribution in [2.24, 2.45) is 5.92 Å². The minimum absolute atomic E-state index is 0.271. The van der Waals surface area contributed by atoms with Gasteiger partial charge >= 0.3 is 0 Å². The van der Waals surface area contributed by atoms with Crippen molar-refractivity contribution in [1.29, 1.82) is 0 Å². The Hall–Kier alpha value is -0.860. The average Bonchev–Trinajstić information content (AvgIpc) is 2.26. The first-order valence-electron chi connectivity index (χ1n) is 5.90. The molecule has 0 bridgehead atoms. The van der Waals surface area contributed by atoms with Gasteiger partial charge in [-0.25, -0.2) is 4.39 Å². The number of hydrogen-bond acceptors (Lipinski definition) is 1. The summed E-state index contributed by atoms with van der Waals surface area (Å²) in [5.41, 5.74) is 1.78. The molecule has 0 aliphatic heterocycles. The fraction of sp³-hybridized carbons (Fsp3) is 0.429. The van der Waals surface area contributed by atoms with Crippen LogP contribution in [0.4, 0.5) is 4.39 Å². The van der Waals surface area contributed by atoms with Crippen molar-refractivity contribution in [1.82, 2.24) is 5.32 Å². The lowest BCUT2D eigenvalue weighted by molar-refractivity contribution is 0.624. The van der Waals surface area contributed by atoms with Gasteiger partial charge in [-0.1, -0.05) is 50.1 Å². The molecular weight excluding hydrogens is 237 g/mol. The van der Waals surface area contributed by atoms with Gasteiger partial charge in [-0.15, -0.1) is 0 Å². The van der Waals surface area contributed by atoms with Gasteiger partial charge < -0.3 is 5.32 Å². The Kier molecular flexibility index (Phi) is 5.66. The van der Waals surface area contributed by atoms with E-state index in [-0.39, 0.29) is 5.82 Å². The van der Waals surface area contributed by atoms with Crippen LogP contribution in [0.2, 0.25) is 5.02 Å². The van der Waals surface area contributed by atoms with Crippen LogP contribution in [0.1, 0.15) is 26.3 Å². The van der Waals surface area contributed by atoms with Crippen LogP contribution in [0.3, 0.4) is 0 Å². The molecule has 0 aromatic heterocycles. The van der Waals surface area contributed by atoms with Crippen LogP contribution in [-0.4, -0.2) is 13.1 Å². The second-order valence-corrected chi connectivity index (χ2v) is 4.76. The van der Waals surface area contributed by atoms with Crippen molar-refractivity contribution < 1.29 is 4.39 Å². The van der Waals surface area contributed by atoms with Gasteiger partial charge in [0.1, 0.15) is 5.82 Å². The van der Waals surface area contributed by atoms with Gasteiger partial charge in [0.2, 0.25) is 0 Å². The molecule has 0 fully saturated rings. The highest BCUT2D eigenvalue weighted by atomic mass is 35.5. The Balaban J connectivity index is 2.95. The van der Waals surface area contributed by atoms with Crippen LogP contribution in [0.25, 0.3) is 6.08 Å². The van der Waals surface area contributed by atoms with Crippen LogP contribution >= 0.6 is 11.6 Å². The minimum Gasteiger partial charge on any atom is -0.313 e. The van der Waals surface area contributed by atoms with Crippen molar-refractivity contribution in [3.8, 4) is 0 Å². The minimum atomic E-state index is -0.271. The van der Waals surface area contributed by atoms with E-state index >= 15 is 0 Å². The predicted octanol–water partition coefficient (Wildman–Crippen LogP) is 4.13. The lowest BCUT2D eigenvalue weighted by Gasteiger charge is -2.12. The van der Waals surface area contributed by atoms with E-state index in [9.17, 15) is 4.39 Å². The first-order valence-corrected chi connectivity index (χ1v) is 6.28. The van der Waals surface area contributed by atoms with Gasteiger partial charge in [0.25, 0.3) is 0 Å². The second-order valence-electron chi connectivity index (χ2n) is 4.32. The molecule has 0 aliphatic carbocycles. The topological polar surface area (TPSA) is 12.0 Å². The van der Waals surface area contributed by atoms with Gasteiger partial charge in [0, 0.05) is 17.1 Å². The average molecular weight is 256 g/mol. The van der Waals surface area contributed by atoms with E-state index in [2.05, 4.69) is 26.1 Å². The van der Waals surface area contributed by atoms with Crippen LogP contribution in [0.15, 0.2) is 23.8 Å².